The van der Waals surface area contributed by atoms with E-state index < -0.39 is 12.6 Å². The van der Waals surface area contributed by atoms with E-state index in [2.05, 4.69) is 5.32 Å². The van der Waals surface area contributed by atoms with Crippen LogP contribution in [0.25, 0.3) is 0 Å². The number of alkyl halides is 4. The van der Waals surface area contributed by atoms with Crippen LogP contribution in [0.4, 0.5) is 13.2 Å². The van der Waals surface area contributed by atoms with Gasteiger partial charge in [0.1, 0.15) is 0 Å². The lowest BCUT2D eigenvalue weighted by Crippen LogP contribution is -2.25. The second-order valence-corrected chi connectivity index (χ2v) is 2.89. The van der Waals surface area contributed by atoms with Gasteiger partial charge in [0.25, 0.3) is 0 Å². The molecule has 1 amide bonds. The molecule has 0 saturated carbocycles. The number of hydrogen-bond donors (Lipinski definition) is 1. The Bertz CT molecular complexity index is 160. The highest BCUT2D eigenvalue weighted by Gasteiger charge is 2.25. The highest BCUT2D eigenvalue weighted by atomic mass is 35.5. The van der Waals surface area contributed by atoms with Crippen molar-refractivity contribution in [2.75, 3.05) is 12.4 Å². The third-order valence-electron chi connectivity index (χ3n) is 1.28. The normalized spacial score (nSPS) is 11.4. The Balaban J connectivity index is 3.31. The van der Waals surface area contributed by atoms with E-state index in [0.717, 1.165) is 0 Å². The van der Waals surface area contributed by atoms with Gasteiger partial charge in [-0.1, -0.05) is 0 Å². The molecular weight excluding hydrogens is 207 g/mol. The zero-order chi connectivity index (χ0) is 10.3. The number of amides is 1. The molecule has 13 heavy (non-hydrogen) atoms. The Hall–Kier alpha value is -0.450. The summed E-state index contributed by atoms with van der Waals surface area (Å²) in [5.41, 5.74) is 0. The fraction of sp³-hybridized carbons (Fsp3) is 0.857. The van der Waals surface area contributed by atoms with Gasteiger partial charge in [-0.25, -0.2) is 0 Å². The van der Waals surface area contributed by atoms with E-state index in [0.29, 0.717) is 0 Å². The van der Waals surface area contributed by atoms with E-state index in [1.54, 1.807) is 0 Å². The summed E-state index contributed by atoms with van der Waals surface area (Å²) in [4.78, 5) is 10.7. The van der Waals surface area contributed by atoms with Gasteiger partial charge in [-0.3, -0.25) is 4.79 Å². The minimum absolute atomic E-state index is 0.0508. The summed E-state index contributed by atoms with van der Waals surface area (Å²) in [6, 6.07) is 0. The standard InChI is InChI=1S/C7H11ClF3NO/c8-4-2-6(13)12-5-1-3-7(9,10)11/h1-5H2,(H,12,13). The molecule has 0 heterocycles. The van der Waals surface area contributed by atoms with Crippen LogP contribution in [0.1, 0.15) is 19.3 Å². The number of rotatable bonds is 5. The molecule has 78 valence electrons. The van der Waals surface area contributed by atoms with Gasteiger partial charge in [0.15, 0.2) is 0 Å². The number of hydrogen-bond acceptors (Lipinski definition) is 1. The van der Waals surface area contributed by atoms with Crippen LogP contribution in [0.2, 0.25) is 0 Å². The molecule has 0 saturated heterocycles. The van der Waals surface area contributed by atoms with E-state index in [1.807, 2.05) is 0 Å². The van der Waals surface area contributed by atoms with Gasteiger partial charge in [-0.15, -0.1) is 11.6 Å². The maximum atomic E-state index is 11.6. The first kappa shape index (κ1) is 12.6. The molecular formula is C7H11ClF3NO. The Kier molecular flexibility index (Phi) is 5.86. The molecule has 0 rings (SSSR count). The van der Waals surface area contributed by atoms with Crippen molar-refractivity contribution >= 4 is 17.5 Å². The Morgan fingerprint density at radius 3 is 2.46 bits per heavy atom. The summed E-state index contributed by atoms with van der Waals surface area (Å²) >= 11 is 5.24. The summed E-state index contributed by atoms with van der Waals surface area (Å²) in [6.45, 7) is 0.0508. The smallest absolute Gasteiger partial charge is 0.356 e. The molecule has 2 nitrogen and oxygen atoms in total. The summed E-state index contributed by atoms with van der Waals surface area (Å²) < 4.78 is 34.8. The van der Waals surface area contributed by atoms with Crippen molar-refractivity contribution in [2.45, 2.75) is 25.4 Å². The highest BCUT2D eigenvalue weighted by molar-refractivity contribution is 6.18. The van der Waals surface area contributed by atoms with Crippen LogP contribution in [0.15, 0.2) is 0 Å². The van der Waals surface area contributed by atoms with Gasteiger partial charge in [0, 0.05) is 25.3 Å². The van der Waals surface area contributed by atoms with Crippen molar-refractivity contribution in [3.8, 4) is 0 Å². The average Bonchev–Trinajstić information content (AvgIpc) is 1.97. The predicted octanol–water partition coefficient (Wildman–Crippen LogP) is 2.07. The predicted molar refractivity (Wildman–Crippen MR) is 43.6 cm³/mol. The minimum Gasteiger partial charge on any atom is -0.356 e. The van der Waals surface area contributed by atoms with Crippen LogP contribution in [-0.4, -0.2) is 24.5 Å². The van der Waals surface area contributed by atoms with Crippen molar-refractivity contribution in [3.05, 3.63) is 0 Å². The van der Waals surface area contributed by atoms with Crippen molar-refractivity contribution in [1.82, 2.24) is 5.32 Å². The van der Waals surface area contributed by atoms with Crippen LogP contribution in [0, 0.1) is 0 Å². The number of nitrogens with one attached hydrogen (secondary N) is 1. The highest BCUT2D eigenvalue weighted by Crippen LogP contribution is 2.20. The van der Waals surface area contributed by atoms with E-state index >= 15 is 0 Å². The van der Waals surface area contributed by atoms with Crippen LogP contribution in [0.3, 0.4) is 0 Å². The molecule has 0 atom stereocenters. The fourth-order valence-electron chi connectivity index (χ4n) is 0.691. The third-order valence-corrected chi connectivity index (χ3v) is 1.47. The largest absolute Gasteiger partial charge is 0.389 e. The molecule has 0 fully saturated rings. The molecule has 0 radical (unpaired) electrons. The third kappa shape index (κ3) is 9.46. The lowest BCUT2D eigenvalue weighted by Gasteiger charge is -2.06. The van der Waals surface area contributed by atoms with E-state index in [9.17, 15) is 18.0 Å². The number of carbonyl (C=O) groups excluding carboxylic acids is 1. The van der Waals surface area contributed by atoms with Gasteiger partial charge in [-0.05, 0) is 6.42 Å². The van der Waals surface area contributed by atoms with Gasteiger partial charge in [0.05, 0.1) is 0 Å². The topological polar surface area (TPSA) is 29.1 Å². The summed E-state index contributed by atoms with van der Waals surface area (Å²) in [7, 11) is 0. The van der Waals surface area contributed by atoms with E-state index in [-0.39, 0.29) is 31.2 Å². The molecule has 1 N–H and O–H groups in total. The van der Waals surface area contributed by atoms with Crippen molar-refractivity contribution in [1.29, 1.82) is 0 Å². The second-order valence-electron chi connectivity index (χ2n) is 2.51. The number of halogens is 4. The lowest BCUT2D eigenvalue weighted by molar-refractivity contribution is -0.136. The summed E-state index contributed by atoms with van der Waals surface area (Å²) in [6.07, 6.45) is -4.95. The SMILES string of the molecule is O=C(CCCl)NCCCC(F)(F)F. The maximum absolute atomic E-state index is 11.6. The molecule has 0 spiro atoms. The number of carbonyl (C=O) groups is 1. The van der Waals surface area contributed by atoms with Gasteiger partial charge < -0.3 is 5.32 Å². The van der Waals surface area contributed by atoms with Gasteiger partial charge in [0.2, 0.25) is 5.91 Å². The maximum Gasteiger partial charge on any atom is 0.389 e. The van der Waals surface area contributed by atoms with Crippen molar-refractivity contribution in [3.63, 3.8) is 0 Å². The molecule has 0 aliphatic rings. The van der Waals surface area contributed by atoms with Crippen LogP contribution in [-0.2, 0) is 4.79 Å². The quantitative estimate of drug-likeness (QED) is 0.554. The molecule has 0 aromatic carbocycles. The molecule has 0 aliphatic carbocycles. The molecule has 6 heteroatoms. The van der Waals surface area contributed by atoms with Crippen LogP contribution >= 0.6 is 11.6 Å². The molecule has 0 bridgehead atoms. The van der Waals surface area contributed by atoms with Crippen molar-refractivity contribution in [2.24, 2.45) is 0 Å². The van der Waals surface area contributed by atoms with Crippen LogP contribution < -0.4 is 5.32 Å². The summed E-state index contributed by atoms with van der Waals surface area (Å²) in [5.74, 6) is -0.123. The fourth-order valence-corrected chi connectivity index (χ4v) is 0.862. The molecule has 0 aliphatic heterocycles. The second kappa shape index (κ2) is 6.07. The molecule has 0 aromatic rings. The molecule has 0 aromatic heterocycles. The average molecular weight is 218 g/mol. The van der Waals surface area contributed by atoms with Gasteiger partial charge in [-0.2, -0.15) is 13.2 Å². The Morgan fingerprint density at radius 1 is 1.38 bits per heavy atom. The first-order valence-electron chi connectivity index (χ1n) is 3.85. The monoisotopic (exact) mass is 217 g/mol. The minimum atomic E-state index is -4.14. The van der Waals surface area contributed by atoms with Crippen molar-refractivity contribution < 1.29 is 18.0 Å². The Labute approximate surface area is 79.4 Å². The van der Waals surface area contributed by atoms with E-state index in [4.69, 9.17) is 11.6 Å². The van der Waals surface area contributed by atoms with Crippen LogP contribution in [0.5, 0.6) is 0 Å². The Morgan fingerprint density at radius 2 is 2.00 bits per heavy atom. The zero-order valence-electron chi connectivity index (χ0n) is 6.96. The van der Waals surface area contributed by atoms with E-state index in [1.165, 1.54) is 0 Å². The first-order chi connectivity index (χ1) is 5.95. The first-order valence-corrected chi connectivity index (χ1v) is 4.38. The summed E-state index contributed by atoms with van der Waals surface area (Å²) in [5, 5.41) is 2.33. The van der Waals surface area contributed by atoms with Gasteiger partial charge >= 0.3 is 6.18 Å². The lowest BCUT2D eigenvalue weighted by atomic mass is 10.3. The molecule has 0 unspecified atom stereocenters. The zero-order valence-corrected chi connectivity index (χ0v) is 7.71.